The zero-order valence-corrected chi connectivity index (χ0v) is 6.24. The molecule has 0 aliphatic carbocycles. The number of carbonyl (C=O) groups is 2. The maximum atomic E-state index is 10.2. The second kappa shape index (κ2) is 5.46. The van der Waals surface area contributed by atoms with Crippen molar-refractivity contribution in [2.24, 2.45) is 0 Å². The number of ether oxygens (including phenoxy) is 1. The fourth-order valence-electron chi connectivity index (χ4n) is 0.479. The number of hydrogen-bond donors (Lipinski definition) is 1. The van der Waals surface area contributed by atoms with Gasteiger partial charge in [-0.3, -0.25) is 4.79 Å². The average molecular weight is 158 g/mol. The minimum atomic E-state index is -0.948. The molecule has 0 radical (unpaired) electrons. The van der Waals surface area contributed by atoms with E-state index in [1.807, 2.05) is 0 Å². The Morgan fingerprint density at radius 2 is 2.27 bits per heavy atom. The summed E-state index contributed by atoms with van der Waals surface area (Å²) in [4.78, 5) is 19.8. The van der Waals surface area contributed by atoms with Gasteiger partial charge in [-0.15, -0.1) is 0 Å². The number of carbonyl (C=O) groups excluding carboxylic acids is 1. The van der Waals surface area contributed by atoms with Crippen LogP contribution >= 0.6 is 0 Å². The van der Waals surface area contributed by atoms with Gasteiger partial charge in [0.05, 0.1) is 6.61 Å². The van der Waals surface area contributed by atoms with Crippen molar-refractivity contribution in [1.82, 2.24) is 0 Å². The van der Waals surface area contributed by atoms with Gasteiger partial charge in [0.25, 0.3) is 6.47 Å². The molecule has 0 atom stereocenters. The Bertz CT molecular complexity index is 171. The van der Waals surface area contributed by atoms with E-state index in [9.17, 15) is 9.59 Å². The maximum absolute atomic E-state index is 10.2. The Labute approximate surface area is 64.5 Å². The highest BCUT2D eigenvalue weighted by atomic mass is 16.5. The Morgan fingerprint density at radius 1 is 1.64 bits per heavy atom. The summed E-state index contributed by atoms with van der Waals surface area (Å²) < 4.78 is 4.35. The molecule has 4 nitrogen and oxygen atoms in total. The SMILES string of the molecule is CC(=CCCOC=O)C(=O)O. The normalized spacial score (nSPS) is 10.8. The van der Waals surface area contributed by atoms with Crippen LogP contribution in [0.4, 0.5) is 0 Å². The summed E-state index contributed by atoms with van der Waals surface area (Å²) >= 11 is 0. The highest BCUT2D eigenvalue weighted by Crippen LogP contribution is 1.94. The van der Waals surface area contributed by atoms with E-state index < -0.39 is 5.97 Å². The fourth-order valence-corrected chi connectivity index (χ4v) is 0.479. The zero-order chi connectivity index (χ0) is 8.69. The lowest BCUT2D eigenvalue weighted by molar-refractivity contribution is -0.132. The van der Waals surface area contributed by atoms with E-state index in [-0.39, 0.29) is 12.2 Å². The second-order valence-corrected chi connectivity index (χ2v) is 1.95. The molecular weight excluding hydrogens is 148 g/mol. The van der Waals surface area contributed by atoms with Crippen LogP contribution in [0, 0.1) is 0 Å². The number of hydrogen-bond acceptors (Lipinski definition) is 3. The van der Waals surface area contributed by atoms with Crippen molar-refractivity contribution >= 4 is 12.4 Å². The largest absolute Gasteiger partial charge is 0.478 e. The van der Waals surface area contributed by atoms with Crippen LogP contribution in [0.3, 0.4) is 0 Å². The molecule has 0 rings (SSSR count). The quantitative estimate of drug-likeness (QED) is 0.361. The summed E-state index contributed by atoms with van der Waals surface area (Å²) in [7, 11) is 0. The van der Waals surface area contributed by atoms with Gasteiger partial charge < -0.3 is 9.84 Å². The molecular formula is C7H10O4. The third kappa shape index (κ3) is 5.14. The molecule has 0 amide bonds. The predicted molar refractivity (Wildman–Crippen MR) is 38.0 cm³/mol. The molecule has 0 aromatic heterocycles. The smallest absolute Gasteiger partial charge is 0.330 e. The van der Waals surface area contributed by atoms with Gasteiger partial charge in [-0.25, -0.2) is 4.79 Å². The van der Waals surface area contributed by atoms with Crippen LogP contribution in [0.15, 0.2) is 11.6 Å². The zero-order valence-electron chi connectivity index (χ0n) is 6.24. The average Bonchev–Trinajstić information content (AvgIpc) is 1.97. The van der Waals surface area contributed by atoms with Crippen molar-refractivity contribution in [2.75, 3.05) is 6.61 Å². The van der Waals surface area contributed by atoms with E-state index in [4.69, 9.17) is 5.11 Å². The van der Waals surface area contributed by atoms with E-state index in [1.54, 1.807) is 0 Å². The van der Waals surface area contributed by atoms with Gasteiger partial charge in [-0.1, -0.05) is 6.08 Å². The summed E-state index contributed by atoms with van der Waals surface area (Å²) in [5, 5.41) is 8.36. The van der Waals surface area contributed by atoms with Crippen LogP contribution in [0.5, 0.6) is 0 Å². The van der Waals surface area contributed by atoms with Crippen LogP contribution in [0.2, 0.25) is 0 Å². The minimum absolute atomic E-state index is 0.230. The van der Waals surface area contributed by atoms with E-state index in [0.717, 1.165) is 0 Å². The van der Waals surface area contributed by atoms with Gasteiger partial charge in [0, 0.05) is 12.0 Å². The lowest BCUT2D eigenvalue weighted by atomic mass is 10.2. The highest BCUT2D eigenvalue weighted by Gasteiger charge is 1.97. The van der Waals surface area contributed by atoms with Gasteiger partial charge in [0.2, 0.25) is 0 Å². The molecule has 0 aliphatic heterocycles. The predicted octanol–water partition coefficient (Wildman–Crippen LogP) is 0.580. The van der Waals surface area contributed by atoms with Crippen LogP contribution in [0.25, 0.3) is 0 Å². The van der Waals surface area contributed by atoms with E-state index in [1.165, 1.54) is 13.0 Å². The van der Waals surface area contributed by atoms with Crippen LogP contribution in [-0.4, -0.2) is 24.2 Å². The lowest BCUT2D eigenvalue weighted by Gasteiger charge is -1.93. The Kier molecular flexibility index (Phi) is 4.81. The Hall–Kier alpha value is -1.32. The van der Waals surface area contributed by atoms with Gasteiger partial charge in [0.15, 0.2) is 0 Å². The highest BCUT2D eigenvalue weighted by molar-refractivity contribution is 5.85. The molecule has 11 heavy (non-hydrogen) atoms. The van der Waals surface area contributed by atoms with Gasteiger partial charge in [0.1, 0.15) is 0 Å². The van der Waals surface area contributed by atoms with Gasteiger partial charge in [-0.2, -0.15) is 0 Å². The first-order valence-corrected chi connectivity index (χ1v) is 3.13. The summed E-state index contributed by atoms with van der Waals surface area (Å²) in [6.45, 7) is 2.06. The van der Waals surface area contributed by atoms with E-state index in [0.29, 0.717) is 12.9 Å². The Morgan fingerprint density at radius 3 is 2.73 bits per heavy atom. The minimum Gasteiger partial charge on any atom is -0.478 e. The third-order valence-electron chi connectivity index (χ3n) is 1.09. The second-order valence-electron chi connectivity index (χ2n) is 1.95. The van der Waals surface area contributed by atoms with E-state index in [2.05, 4.69) is 4.74 Å². The van der Waals surface area contributed by atoms with Crippen molar-refractivity contribution in [1.29, 1.82) is 0 Å². The lowest BCUT2D eigenvalue weighted by Crippen LogP contribution is -1.97. The van der Waals surface area contributed by atoms with E-state index >= 15 is 0 Å². The summed E-state index contributed by atoms with van der Waals surface area (Å²) in [6, 6.07) is 0. The molecule has 62 valence electrons. The van der Waals surface area contributed by atoms with Crippen LogP contribution in [-0.2, 0) is 14.3 Å². The van der Waals surface area contributed by atoms with Gasteiger partial charge in [-0.05, 0) is 6.92 Å². The number of rotatable bonds is 5. The van der Waals surface area contributed by atoms with Crippen molar-refractivity contribution in [3.8, 4) is 0 Å². The van der Waals surface area contributed by atoms with Crippen molar-refractivity contribution in [3.63, 3.8) is 0 Å². The van der Waals surface area contributed by atoms with Crippen molar-refractivity contribution in [3.05, 3.63) is 11.6 Å². The molecule has 4 heteroatoms. The standard InChI is InChI=1S/C7H10O4/c1-6(7(9)10)3-2-4-11-5-8/h3,5H,2,4H2,1H3,(H,9,10). The summed E-state index contributed by atoms with van der Waals surface area (Å²) in [6.07, 6.45) is 1.95. The molecule has 0 bridgehead atoms. The molecule has 1 N–H and O–H groups in total. The first-order valence-electron chi connectivity index (χ1n) is 3.13. The van der Waals surface area contributed by atoms with Crippen LogP contribution in [0.1, 0.15) is 13.3 Å². The van der Waals surface area contributed by atoms with Crippen molar-refractivity contribution < 1.29 is 19.4 Å². The molecule has 0 spiro atoms. The number of carboxylic acids is 1. The summed E-state index contributed by atoms with van der Waals surface area (Å²) in [5.74, 6) is -0.948. The van der Waals surface area contributed by atoms with Crippen molar-refractivity contribution in [2.45, 2.75) is 13.3 Å². The molecule has 0 aromatic carbocycles. The molecule has 0 saturated carbocycles. The number of aliphatic carboxylic acids is 1. The van der Waals surface area contributed by atoms with Gasteiger partial charge >= 0.3 is 5.97 Å². The Balaban J connectivity index is 3.56. The fraction of sp³-hybridized carbons (Fsp3) is 0.429. The molecule has 0 heterocycles. The monoisotopic (exact) mass is 158 g/mol. The van der Waals surface area contributed by atoms with Crippen LogP contribution < -0.4 is 0 Å². The first kappa shape index (κ1) is 9.68. The summed E-state index contributed by atoms with van der Waals surface area (Å²) in [5.41, 5.74) is 0.263. The third-order valence-corrected chi connectivity index (χ3v) is 1.09. The topological polar surface area (TPSA) is 63.6 Å². The molecule has 0 unspecified atom stereocenters. The molecule has 0 saturated heterocycles. The molecule has 0 aromatic rings. The first-order chi connectivity index (χ1) is 5.18. The maximum Gasteiger partial charge on any atom is 0.330 e. The number of carboxylic acid groups (broad SMARTS) is 1. The molecule has 0 aliphatic rings. The molecule has 0 fully saturated rings.